The maximum atomic E-state index is 12.2. The van der Waals surface area contributed by atoms with E-state index < -0.39 is 0 Å². The zero-order valence-electron chi connectivity index (χ0n) is 16.4. The lowest BCUT2D eigenvalue weighted by Gasteiger charge is -2.34. The molecule has 2 N–H and O–H groups in total. The van der Waals surface area contributed by atoms with E-state index >= 15 is 0 Å². The van der Waals surface area contributed by atoms with Crippen LogP contribution in [0.15, 0.2) is 42.6 Å². The topological polar surface area (TPSA) is 77.6 Å². The van der Waals surface area contributed by atoms with Crippen LogP contribution in [0, 0.1) is 6.92 Å². The van der Waals surface area contributed by atoms with Crippen molar-refractivity contribution in [1.29, 1.82) is 0 Å². The third-order valence-corrected chi connectivity index (χ3v) is 4.95. The lowest BCUT2D eigenvalue weighted by molar-refractivity contribution is -0.120. The number of aryl methyl sites for hydroxylation is 1. The first-order valence-corrected chi connectivity index (χ1v) is 9.52. The van der Waals surface area contributed by atoms with Gasteiger partial charge in [-0.15, -0.1) is 0 Å². The average molecular weight is 381 g/mol. The zero-order valence-corrected chi connectivity index (χ0v) is 16.4. The molecule has 28 heavy (non-hydrogen) atoms. The highest BCUT2D eigenvalue weighted by molar-refractivity contribution is 5.97. The molecule has 0 bridgehead atoms. The summed E-state index contributed by atoms with van der Waals surface area (Å²) in [6, 6.07) is 11.2. The summed E-state index contributed by atoms with van der Waals surface area (Å²) in [5.41, 5.74) is 2.44. The molecule has 2 heterocycles. The van der Waals surface area contributed by atoms with Crippen LogP contribution in [0.4, 0.5) is 5.82 Å². The van der Waals surface area contributed by atoms with Crippen molar-refractivity contribution in [1.82, 2.24) is 20.5 Å². The van der Waals surface area contributed by atoms with Crippen LogP contribution in [0.3, 0.4) is 0 Å². The quantitative estimate of drug-likeness (QED) is 0.786. The molecule has 1 aromatic heterocycles. The van der Waals surface area contributed by atoms with E-state index in [0.29, 0.717) is 12.1 Å². The van der Waals surface area contributed by atoms with Gasteiger partial charge in [-0.25, -0.2) is 4.98 Å². The van der Waals surface area contributed by atoms with Gasteiger partial charge in [-0.3, -0.25) is 9.59 Å². The van der Waals surface area contributed by atoms with Crippen molar-refractivity contribution in [3.05, 3.63) is 59.3 Å². The minimum absolute atomic E-state index is 0.0583. The van der Waals surface area contributed by atoms with Crippen molar-refractivity contribution in [3.8, 4) is 0 Å². The van der Waals surface area contributed by atoms with E-state index in [1.54, 1.807) is 12.3 Å². The summed E-state index contributed by atoms with van der Waals surface area (Å²) in [6.45, 7) is 6.02. The van der Waals surface area contributed by atoms with Crippen LogP contribution < -0.4 is 15.5 Å². The molecule has 1 aliphatic rings. The summed E-state index contributed by atoms with van der Waals surface area (Å²) in [5, 5.41) is 5.55. The first-order chi connectivity index (χ1) is 13.5. The number of pyridine rings is 1. The lowest BCUT2D eigenvalue weighted by Crippen LogP contribution is -2.45. The summed E-state index contributed by atoms with van der Waals surface area (Å²) >= 11 is 0. The monoisotopic (exact) mass is 381 g/mol. The molecule has 2 aromatic rings. The summed E-state index contributed by atoms with van der Waals surface area (Å²) in [5.74, 6) is 0.447. The lowest BCUT2D eigenvalue weighted by atomic mass is 10.1. The van der Waals surface area contributed by atoms with Gasteiger partial charge in [-0.05, 0) is 31.7 Å². The Morgan fingerprint density at radius 1 is 1.04 bits per heavy atom. The number of amides is 2. The number of rotatable bonds is 6. The number of hydrogen-bond donors (Lipinski definition) is 2. The van der Waals surface area contributed by atoms with Gasteiger partial charge in [-0.1, -0.05) is 24.3 Å². The van der Waals surface area contributed by atoms with Gasteiger partial charge in [0.1, 0.15) is 5.82 Å². The van der Waals surface area contributed by atoms with Crippen molar-refractivity contribution in [3.63, 3.8) is 0 Å². The fraction of sp³-hybridized carbons (Fsp3) is 0.381. The third-order valence-electron chi connectivity index (χ3n) is 4.95. The van der Waals surface area contributed by atoms with Crippen LogP contribution in [-0.4, -0.2) is 61.5 Å². The van der Waals surface area contributed by atoms with Gasteiger partial charge in [0, 0.05) is 50.0 Å². The second kappa shape index (κ2) is 9.32. The van der Waals surface area contributed by atoms with Gasteiger partial charge < -0.3 is 20.4 Å². The molecule has 0 spiro atoms. The van der Waals surface area contributed by atoms with Gasteiger partial charge in [0.15, 0.2) is 0 Å². The Morgan fingerprint density at radius 3 is 2.54 bits per heavy atom. The number of piperazine rings is 1. The molecule has 0 unspecified atom stereocenters. The molecule has 1 fully saturated rings. The molecule has 0 radical (unpaired) electrons. The number of benzene rings is 1. The minimum atomic E-state index is -0.243. The van der Waals surface area contributed by atoms with Gasteiger partial charge in [0.05, 0.1) is 6.54 Å². The molecule has 0 atom stereocenters. The van der Waals surface area contributed by atoms with Crippen molar-refractivity contribution in [2.45, 2.75) is 13.5 Å². The number of carbonyl (C=O) groups is 2. The van der Waals surface area contributed by atoms with Crippen molar-refractivity contribution in [2.24, 2.45) is 0 Å². The molecule has 148 valence electrons. The number of nitrogens with one attached hydrogen (secondary N) is 2. The summed E-state index contributed by atoms with van der Waals surface area (Å²) in [7, 11) is 2.11. The number of likely N-dealkylation sites (N-methyl/N-ethyl adjacent to an activating group) is 1. The fourth-order valence-corrected chi connectivity index (χ4v) is 3.21. The average Bonchev–Trinajstić information content (AvgIpc) is 2.71. The predicted molar refractivity (Wildman–Crippen MR) is 109 cm³/mol. The second-order valence-corrected chi connectivity index (χ2v) is 7.05. The second-order valence-electron chi connectivity index (χ2n) is 7.05. The Bertz CT molecular complexity index is 831. The summed E-state index contributed by atoms with van der Waals surface area (Å²) in [4.78, 5) is 33.5. The van der Waals surface area contributed by atoms with Crippen LogP contribution in [0.2, 0.25) is 0 Å². The largest absolute Gasteiger partial charge is 0.354 e. The van der Waals surface area contributed by atoms with Gasteiger partial charge in [0.25, 0.3) is 5.91 Å². The van der Waals surface area contributed by atoms with E-state index in [-0.39, 0.29) is 18.4 Å². The Balaban J connectivity index is 1.52. The zero-order chi connectivity index (χ0) is 19.9. The van der Waals surface area contributed by atoms with Crippen LogP contribution in [-0.2, 0) is 11.3 Å². The standard InChI is InChI=1S/C21H27N5O2/c1-16-6-3-4-8-18(16)21(28)24-15-19(27)23-14-17-7-5-9-22-20(17)26-12-10-25(2)11-13-26/h3-9H,10-15H2,1-2H3,(H,23,27)(H,24,28). The van der Waals surface area contributed by atoms with Gasteiger partial charge in [0.2, 0.25) is 5.91 Å². The number of aromatic nitrogens is 1. The minimum Gasteiger partial charge on any atom is -0.354 e. The highest BCUT2D eigenvalue weighted by Crippen LogP contribution is 2.18. The molecule has 7 heteroatoms. The van der Waals surface area contributed by atoms with Crippen LogP contribution in [0.1, 0.15) is 21.5 Å². The number of anilines is 1. The number of nitrogens with zero attached hydrogens (tertiary/aromatic N) is 3. The molecular weight excluding hydrogens is 354 g/mol. The first kappa shape index (κ1) is 19.8. The molecule has 3 rings (SSSR count). The normalized spacial score (nSPS) is 14.6. The Hall–Kier alpha value is -2.93. The Kier molecular flexibility index (Phi) is 6.60. The molecule has 1 saturated heterocycles. The molecule has 0 aliphatic carbocycles. The summed E-state index contributed by atoms with van der Waals surface area (Å²) < 4.78 is 0. The molecule has 2 amide bonds. The first-order valence-electron chi connectivity index (χ1n) is 9.52. The van der Waals surface area contributed by atoms with E-state index in [1.807, 2.05) is 37.3 Å². The molecule has 1 aliphatic heterocycles. The fourth-order valence-electron chi connectivity index (χ4n) is 3.21. The summed E-state index contributed by atoms with van der Waals surface area (Å²) in [6.07, 6.45) is 1.78. The molecule has 7 nitrogen and oxygen atoms in total. The van der Waals surface area contributed by atoms with Crippen LogP contribution in [0.25, 0.3) is 0 Å². The third kappa shape index (κ3) is 5.07. The van der Waals surface area contributed by atoms with E-state index in [2.05, 4.69) is 32.5 Å². The van der Waals surface area contributed by atoms with Crippen molar-refractivity contribution >= 4 is 17.6 Å². The Labute approximate surface area is 165 Å². The van der Waals surface area contributed by atoms with E-state index in [1.165, 1.54) is 0 Å². The molecule has 0 saturated carbocycles. The van der Waals surface area contributed by atoms with Crippen LogP contribution >= 0.6 is 0 Å². The van der Waals surface area contributed by atoms with Crippen molar-refractivity contribution < 1.29 is 9.59 Å². The SMILES string of the molecule is Cc1ccccc1C(=O)NCC(=O)NCc1cccnc1N1CCN(C)CC1. The van der Waals surface area contributed by atoms with Crippen LogP contribution in [0.5, 0.6) is 0 Å². The molecule has 1 aromatic carbocycles. The molecular formula is C21H27N5O2. The van der Waals surface area contributed by atoms with Gasteiger partial charge >= 0.3 is 0 Å². The van der Waals surface area contributed by atoms with E-state index in [4.69, 9.17) is 0 Å². The number of hydrogen-bond acceptors (Lipinski definition) is 5. The highest BCUT2D eigenvalue weighted by Gasteiger charge is 2.18. The highest BCUT2D eigenvalue weighted by atomic mass is 16.2. The smallest absolute Gasteiger partial charge is 0.251 e. The van der Waals surface area contributed by atoms with Gasteiger partial charge in [-0.2, -0.15) is 0 Å². The predicted octanol–water partition coefficient (Wildman–Crippen LogP) is 1.19. The Morgan fingerprint density at radius 2 is 1.79 bits per heavy atom. The maximum Gasteiger partial charge on any atom is 0.251 e. The maximum absolute atomic E-state index is 12.2. The number of carbonyl (C=O) groups excluding carboxylic acids is 2. The van der Waals surface area contributed by atoms with Crippen molar-refractivity contribution in [2.75, 3.05) is 44.7 Å². The van der Waals surface area contributed by atoms with E-state index in [9.17, 15) is 9.59 Å². The van der Waals surface area contributed by atoms with E-state index in [0.717, 1.165) is 43.1 Å².